The lowest BCUT2D eigenvalue weighted by molar-refractivity contribution is -0.115. The zero-order valence-corrected chi connectivity index (χ0v) is 16.2. The van der Waals surface area contributed by atoms with Crippen molar-refractivity contribution in [3.05, 3.63) is 40.4 Å². The number of nitrogens with zero attached hydrogens (tertiary/aromatic N) is 1. The number of rotatable bonds is 4. The highest BCUT2D eigenvalue weighted by atomic mass is 32.1. The SMILES string of the molecule is COc1ccc(CC(=O)Nc2nc3c(s2)C[C@@H](C(C)(C)C)CC3)cc1. The molecule has 5 heteroatoms. The van der Waals surface area contributed by atoms with Crippen molar-refractivity contribution < 1.29 is 9.53 Å². The summed E-state index contributed by atoms with van der Waals surface area (Å²) < 4.78 is 5.14. The van der Waals surface area contributed by atoms with Gasteiger partial charge in [-0.05, 0) is 48.3 Å². The number of methoxy groups -OCH3 is 1. The fraction of sp³-hybridized carbons (Fsp3) is 0.500. The standard InChI is InChI=1S/C20H26N2O2S/c1-20(2,3)14-7-10-16-17(12-14)25-19(21-16)22-18(23)11-13-5-8-15(24-4)9-6-13/h5-6,8-9,14H,7,10-12H2,1-4H3,(H,21,22,23)/t14-/m0/s1. The summed E-state index contributed by atoms with van der Waals surface area (Å²) in [6.07, 6.45) is 3.62. The molecular formula is C20H26N2O2S. The maximum absolute atomic E-state index is 12.3. The monoisotopic (exact) mass is 358 g/mol. The van der Waals surface area contributed by atoms with Gasteiger partial charge in [0.15, 0.2) is 5.13 Å². The van der Waals surface area contributed by atoms with Gasteiger partial charge in [-0.2, -0.15) is 0 Å². The van der Waals surface area contributed by atoms with Crippen molar-refractivity contribution in [2.24, 2.45) is 11.3 Å². The smallest absolute Gasteiger partial charge is 0.230 e. The molecular weight excluding hydrogens is 332 g/mol. The van der Waals surface area contributed by atoms with Crippen LogP contribution < -0.4 is 10.1 Å². The molecule has 4 nitrogen and oxygen atoms in total. The molecule has 0 fully saturated rings. The zero-order chi connectivity index (χ0) is 18.0. The molecule has 134 valence electrons. The predicted octanol–water partition coefficient (Wildman–Crippen LogP) is 4.48. The fourth-order valence-corrected chi connectivity index (χ4v) is 4.36. The molecule has 1 heterocycles. The van der Waals surface area contributed by atoms with Crippen LogP contribution in [-0.2, 0) is 24.1 Å². The summed E-state index contributed by atoms with van der Waals surface area (Å²) in [5.41, 5.74) is 2.46. The molecule has 1 aromatic carbocycles. The number of carbonyl (C=O) groups is 1. The average molecular weight is 359 g/mol. The Balaban J connectivity index is 1.62. The normalized spacial score (nSPS) is 17.0. The van der Waals surface area contributed by atoms with E-state index in [9.17, 15) is 4.79 Å². The van der Waals surface area contributed by atoms with Gasteiger partial charge in [-0.3, -0.25) is 4.79 Å². The zero-order valence-electron chi connectivity index (χ0n) is 15.4. The van der Waals surface area contributed by atoms with Crippen molar-refractivity contribution in [2.45, 2.75) is 46.5 Å². The Morgan fingerprint density at radius 2 is 2.04 bits per heavy atom. The molecule has 0 unspecified atom stereocenters. The summed E-state index contributed by atoms with van der Waals surface area (Å²) in [4.78, 5) is 18.3. The number of amides is 1. The summed E-state index contributed by atoms with van der Waals surface area (Å²) in [6, 6.07) is 7.58. The Hall–Kier alpha value is -1.88. The maximum atomic E-state index is 12.3. The number of aromatic nitrogens is 1. The van der Waals surface area contributed by atoms with Crippen molar-refractivity contribution in [2.75, 3.05) is 12.4 Å². The van der Waals surface area contributed by atoms with E-state index in [1.54, 1.807) is 18.4 Å². The molecule has 1 atom stereocenters. The van der Waals surface area contributed by atoms with Gasteiger partial charge in [0.2, 0.25) is 5.91 Å². The third-order valence-corrected chi connectivity index (χ3v) is 5.97. The number of aryl methyl sites for hydroxylation is 1. The summed E-state index contributed by atoms with van der Waals surface area (Å²) in [6.45, 7) is 6.92. The van der Waals surface area contributed by atoms with Gasteiger partial charge in [0.05, 0.1) is 19.2 Å². The molecule has 25 heavy (non-hydrogen) atoms. The lowest BCUT2D eigenvalue weighted by Gasteiger charge is -2.33. The predicted molar refractivity (Wildman–Crippen MR) is 102 cm³/mol. The average Bonchev–Trinajstić information content (AvgIpc) is 2.95. The number of carbonyl (C=O) groups excluding carboxylic acids is 1. The molecule has 3 rings (SSSR count). The highest BCUT2D eigenvalue weighted by Crippen LogP contribution is 2.40. The molecule has 0 saturated heterocycles. The van der Waals surface area contributed by atoms with E-state index in [2.05, 4.69) is 31.1 Å². The molecule has 1 aliphatic carbocycles. The fourth-order valence-electron chi connectivity index (χ4n) is 3.26. The first kappa shape index (κ1) is 17.9. The van der Waals surface area contributed by atoms with Gasteiger partial charge in [-0.1, -0.05) is 32.9 Å². The molecule has 1 aromatic heterocycles. The van der Waals surface area contributed by atoms with E-state index < -0.39 is 0 Å². The number of hydrogen-bond donors (Lipinski definition) is 1. The van der Waals surface area contributed by atoms with Gasteiger partial charge in [0.1, 0.15) is 5.75 Å². The lowest BCUT2D eigenvalue weighted by atomic mass is 9.73. The first-order chi connectivity index (χ1) is 11.8. The summed E-state index contributed by atoms with van der Waals surface area (Å²) >= 11 is 1.64. The number of nitrogens with one attached hydrogen (secondary N) is 1. The van der Waals surface area contributed by atoms with E-state index in [4.69, 9.17) is 4.74 Å². The Morgan fingerprint density at radius 1 is 1.32 bits per heavy atom. The van der Waals surface area contributed by atoms with E-state index in [0.29, 0.717) is 17.8 Å². The Labute approximate surface area is 153 Å². The Morgan fingerprint density at radius 3 is 2.68 bits per heavy atom. The van der Waals surface area contributed by atoms with Crippen LogP contribution in [0.3, 0.4) is 0 Å². The van der Waals surface area contributed by atoms with Crippen LogP contribution in [0.25, 0.3) is 0 Å². The highest BCUT2D eigenvalue weighted by molar-refractivity contribution is 7.15. The van der Waals surface area contributed by atoms with Gasteiger partial charge in [0, 0.05) is 4.88 Å². The second-order valence-electron chi connectivity index (χ2n) is 7.77. The molecule has 1 amide bonds. The minimum atomic E-state index is -0.0244. The van der Waals surface area contributed by atoms with Crippen LogP contribution in [0.15, 0.2) is 24.3 Å². The molecule has 0 radical (unpaired) electrons. The first-order valence-corrected chi connectivity index (χ1v) is 9.58. The van der Waals surface area contributed by atoms with E-state index in [1.807, 2.05) is 24.3 Å². The second kappa shape index (κ2) is 7.16. The molecule has 0 saturated carbocycles. The number of fused-ring (bicyclic) bond motifs is 1. The van der Waals surface area contributed by atoms with Gasteiger partial charge in [-0.25, -0.2) is 4.98 Å². The minimum absolute atomic E-state index is 0.0244. The number of anilines is 1. The van der Waals surface area contributed by atoms with Crippen molar-refractivity contribution in [3.8, 4) is 5.75 Å². The topological polar surface area (TPSA) is 51.2 Å². The van der Waals surface area contributed by atoms with Crippen molar-refractivity contribution in [1.29, 1.82) is 0 Å². The van der Waals surface area contributed by atoms with Gasteiger partial charge in [-0.15, -0.1) is 11.3 Å². The van der Waals surface area contributed by atoms with Crippen LogP contribution in [0.1, 0.15) is 43.3 Å². The molecule has 1 aliphatic rings. The van der Waals surface area contributed by atoms with Crippen LogP contribution in [-0.4, -0.2) is 18.0 Å². The number of ether oxygens (including phenoxy) is 1. The summed E-state index contributed by atoms with van der Waals surface area (Å²) in [5.74, 6) is 1.46. The van der Waals surface area contributed by atoms with Crippen molar-refractivity contribution >= 4 is 22.4 Å². The third-order valence-electron chi connectivity index (χ3n) is 4.93. The lowest BCUT2D eigenvalue weighted by Crippen LogP contribution is -2.26. The molecule has 0 bridgehead atoms. The number of thiazole rings is 1. The summed E-state index contributed by atoms with van der Waals surface area (Å²) in [5, 5.41) is 3.70. The van der Waals surface area contributed by atoms with E-state index in [1.165, 1.54) is 17.0 Å². The highest BCUT2D eigenvalue weighted by Gasteiger charge is 2.30. The number of benzene rings is 1. The Bertz CT molecular complexity index is 744. The van der Waals surface area contributed by atoms with E-state index >= 15 is 0 Å². The molecule has 1 N–H and O–H groups in total. The van der Waals surface area contributed by atoms with E-state index in [0.717, 1.165) is 29.3 Å². The van der Waals surface area contributed by atoms with Crippen molar-refractivity contribution in [1.82, 2.24) is 4.98 Å². The Kier molecular flexibility index (Phi) is 5.13. The maximum Gasteiger partial charge on any atom is 0.230 e. The van der Waals surface area contributed by atoms with Crippen LogP contribution in [0.2, 0.25) is 0 Å². The summed E-state index contributed by atoms with van der Waals surface area (Å²) in [7, 11) is 1.64. The van der Waals surface area contributed by atoms with Crippen LogP contribution in [0.5, 0.6) is 5.75 Å². The quantitative estimate of drug-likeness (QED) is 0.876. The van der Waals surface area contributed by atoms with Crippen molar-refractivity contribution in [3.63, 3.8) is 0 Å². The molecule has 0 spiro atoms. The molecule has 2 aromatic rings. The van der Waals surface area contributed by atoms with Gasteiger partial charge < -0.3 is 10.1 Å². The molecule has 0 aliphatic heterocycles. The van der Waals surface area contributed by atoms with E-state index in [-0.39, 0.29) is 5.91 Å². The second-order valence-corrected chi connectivity index (χ2v) is 8.85. The minimum Gasteiger partial charge on any atom is -0.497 e. The largest absolute Gasteiger partial charge is 0.497 e. The van der Waals surface area contributed by atoms with Crippen LogP contribution in [0.4, 0.5) is 5.13 Å². The first-order valence-electron chi connectivity index (χ1n) is 8.76. The van der Waals surface area contributed by atoms with Gasteiger partial charge in [0.25, 0.3) is 0 Å². The van der Waals surface area contributed by atoms with Gasteiger partial charge >= 0.3 is 0 Å². The van der Waals surface area contributed by atoms with Crippen LogP contribution in [0, 0.1) is 11.3 Å². The van der Waals surface area contributed by atoms with Crippen LogP contribution >= 0.6 is 11.3 Å². The number of hydrogen-bond acceptors (Lipinski definition) is 4. The third kappa shape index (κ3) is 4.40.